The summed E-state index contributed by atoms with van der Waals surface area (Å²) in [5.41, 5.74) is -0.139. The van der Waals surface area contributed by atoms with Gasteiger partial charge in [-0.3, -0.25) is 19.0 Å². The molecule has 0 aliphatic heterocycles. The maximum Gasteiger partial charge on any atom is 0.251 e. The minimum atomic E-state index is -1.33. The van der Waals surface area contributed by atoms with Gasteiger partial charge in [0.1, 0.15) is 0 Å². The number of carbonyl (C=O) groups excluding carboxylic acids is 2. The molecule has 2 aromatic rings. The van der Waals surface area contributed by atoms with E-state index in [2.05, 4.69) is 5.32 Å². The van der Waals surface area contributed by atoms with E-state index < -0.39 is 23.3 Å². The Morgan fingerprint density at radius 3 is 2.52 bits per heavy atom. The van der Waals surface area contributed by atoms with Crippen molar-refractivity contribution in [2.24, 2.45) is 0 Å². The van der Waals surface area contributed by atoms with Crippen LogP contribution < -0.4 is 10.9 Å². The van der Waals surface area contributed by atoms with Gasteiger partial charge in [-0.05, 0) is 26.3 Å². The molecule has 1 heterocycles. The molecule has 144 valence electrons. The van der Waals surface area contributed by atoms with Gasteiger partial charge in [0.05, 0.1) is 11.1 Å². The highest BCUT2D eigenvalue weighted by atomic mass is 35.5. The Balaban J connectivity index is 2.22. The molecule has 0 saturated carbocycles. The van der Waals surface area contributed by atoms with Crippen LogP contribution in [0.15, 0.2) is 53.5 Å². The van der Waals surface area contributed by atoms with Crippen LogP contribution in [0.3, 0.4) is 0 Å². The maximum atomic E-state index is 12.9. The summed E-state index contributed by atoms with van der Waals surface area (Å²) in [6.07, 6.45) is 2.01. The molecular weight excluding hydrogens is 368 g/mol. The quantitative estimate of drug-likeness (QED) is 0.405. The monoisotopic (exact) mass is 390 g/mol. The molecule has 1 atom stereocenters. The van der Waals surface area contributed by atoms with Gasteiger partial charge in [-0.2, -0.15) is 0 Å². The second kappa shape index (κ2) is 10.0. The van der Waals surface area contributed by atoms with E-state index >= 15 is 0 Å². The fourth-order valence-corrected chi connectivity index (χ4v) is 2.68. The third kappa shape index (κ3) is 6.05. The highest BCUT2D eigenvalue weighted by molar-refractivity contribution is 6.30. The molecule has 6 nitrogen and oxygen atoms in total. The van der Waals surface area contributed by atoms with Crippen molar-refractivity contribution in [1.29, 1.82) is 0 Å². The van der Waals surface area contributed by atoms with Gasteiger partial charge in [-0.1, -0.05) is 41.9 Å². The van der Waals surface area contributed by atoms with Crippen molar-refractivity contribution in [2.75, 3.05) is 13.2 Å². The number of pyridine rings is 1. The Kier molecular flexibility index (Phi) is 7.76. The normalized spacial score (nSPS) is 12.0. The first-order valence-electron chi connectivity index (χ1n) is 8.76. The summed E-state index contributed by atoms with van der Waals surface area (Å²) in [7, 11) is 0. The molecule has 1 unspecified atom stereocenters. The molecule has 1 N–H and O–H groups in total. The lowest BCUT2D eigenvalue weighted by Crippen LogP contribution is -2.41. The van der Waals surface area contributed by atoms with Gasteiger partial charge in [0.2, 0.25) is 0 Å². The molecular formula is C20H23ClN2O4. The first-order chi connectivity index (χ1) is 12.9. The SMILES string of the molecule is CC(C)OCCCNC(=O)C(C(=O)c1ccccc1)n1cc(Cl)ccc1=O. The zero-order valence-corrected chi connectivity index (χ0v) is 16.1. The topological polar surface area (TPSA) is 77.4 Å². The number of ketones is 1. The van der Waals surface area contributed by atoms with Crippen LogP contribution in [0.4, 0.5) is 0 Å². The van der Waals surface area contributed by atoms with Crippen molar-refractivity contribution in [2.45, 2.75) is 32.4 Å². The largest absolute Gasteiger partial charge is 0.379 e. The Morgan fingerprint density at radius 1 is 1.15 bits per heavy atom. The molecule has 0 fully saturated rings. The van der Waals surface area contributed by atoms with Crippen LogP contribution in [0.5, 0.6) is 0 Å². The Labute approximate surface area is 163 Å². The Hall–Kier alpha value is -2.44. The van der Waals surface area contributed by atoms with Gasteiger partial charge in [-0.15, -0.1) is 0 Å². The molecule has 0 bridgehead atoms. The number of nitrogens with zero attached hydrogens (tertiary/aromatic N) is 1. The summed E-state index contributed by atoms with van der Waals surface area (Å²) in [6, 6.07) is 9.71. The lowest BCUT2D eigenvalue weighted by atomic mass is 10.0. The van der Waals surface area contributed by atoms with Crippen LogP contribution in [0.1, 0.15) is 36.7 Å². The summed E-state index contributed by atoms with van der Waals surface area (Å²) in [4.78, 5) is 37.9. The number of ether oxygens (including phenoxy) is 1. The highest BCUT2D eigenvalue weighted by Gasteiger charge is 2.30. The second-order valence-electron chi connectivity index (χ2n) is 6.29. The van der Waals surface area contributed by atoms with Gasteiger partial charge >= 0.3 is 0 Å². The molecule has 7 heteroatoms. The molecule has 0 radical (unpaired) electrons. The highest BCUT2D eigenvalue weighted by Crippen LogP contribution is 2.16. The first kappa shape index (κ1) is 20.9. The molecule has 1 amide bonds. The molecule has 1 aromatic heterocycles. The summed E-state index contributed by atoms with van der Waals surface area (Å²) in [5, 5.41) is 2.97. The number of aromatic nitrogens is 1. The lowest BCUT2D eigenvalue weighted by molar-refractivity contribution is -0.123. The number of rotatable bonds is 9. The number of benzene rings is 1. The first-order valence-corrected chi connectivity index (χ1v) is 9.14. The van der Waals surface area contributed by atoms with E-state index in [0.29, 0.717) is 25.1 Å². The Bertz CT molecular complexity index is 833. The van der Waals surface area contributed by atoms with Crippen molar-refractivity contribution < 1.29 is 14.3 Å². The molecule has 27 heavy (non-hydrogen) atoms. The number of carbonyl (C=O) groups is 2. The van der Waals surface area contributed by atoms with Crippen LogP contribution in [0.25, 0.3) is 0 Å². The van der Waals surface area contributed by atoms with Crippen molar-refractivity contribution in [1.82, 2.24) is 9.88 Å². The molecule has 0 spiro atoms. The Morgan fingerprint density at radius 2 is 1.85 bits per heavy atom. The van der Waals surface area contributed by atoms with Crippen molar-refractivity contribution in [3.63, 3.8) is 0 Å². The van der Waals surface area contributed by atoms with Crippen molar-refractivity contribution in [3.8, 4) is 0 Å². The van der Waals surface area contributed by atoms with E-state index in [1.54, 1.807) is 30.3 Å². The second-order valence-corrected chi connectivity index (χ2v) is 6.73. The van der Waals surface area contributed by atoms with Gasteiger partial charge in [0.25, 0.3) is 11.5 Å². The average molecular weight is 391 g/mol. The van der Waals surface area contributed by atoms with E-state index in [1.807, 2.05) is 13.8 Å². The third-order valence-electron chi connectivity index (χ3n) is 3.81. The molecule has 2 rings (SSSR count). The number of Topliss-reactive ketones (excluding diaryl/α,β-unsaturated/α-hetero) is 1. The van der Waals surface area contributed by atoms with Gasteiger partial charge in [0.15, 0.2) is 11.8 Å². The minimum Gasteiger partial charge on any atom is -0.379 e. The van der Waals surface area contributed by atoms with Gasteiger partial charge in [-0.25, -0.2) is 0 Å². The fraction of sp³-hybridized carbons (Fsp3) is 0.350. The maximum absolute atomic E-state index is 12.9. The van der Waals surface area contributed by atoms with E-state index in [1.165, 1.54) is 18.3 Å². The smallest absolute Gasteiger partial charge is 0.251 e. The van der Waals surface area contributed by atoms with Gasteiger partial charge in [0, 0.05) is 31.0 Å². The minimum absolute atomic E-state index is 0.109. The van der Waals surface area contributed by atoms with Crippen LogP contribution in [0, 0.1) is 0 Å². The third-order valence-corrected chi connectivity index (χ3v) is 4.03. The summed E-state index contributed by atoms with van der Waals surface area (Å²) < 4.78 is 6.50. The van der Waals surface area contributed by atoms with Crippen LogP contribution in [0.2, 0.25) is 5.02 Å². The molecule has 0 saturated heterocycles. The molecule has 1 aromatic carbocycles. The van der Waals surface area contributed by atoms with E-state index in [9.17, 15) is 14.4 Å². The van der Waals surface area contributed by atoms with Crippen LogP contribution in [-0.4, -0.2) is 35.5 Å². The average Bonchev–Trinajstić information content (AvgIpc) is 2.65. The molecule has 0 aliphatic rings. The van der Waals surface area contributed by atoms with Crippen LogP contribution >= 0.6 is 11.6 Å². The standard InChI is InChI=1S/C20H23ClN2O4/c1-14(2)27-12-6-11-22-20(26)18(19(25)15-7-4-3-5-8-15)23-13-16(21)9-10-17(23)24/h3-5,7-10,13-14,18H,6,11-12H2,1-2H3,(H,22,26). The fourth-order valence-electron chi connectivity index (χ4n) is 2.51. The van der Waals surface area contributed by atoms with Crippen LogP contribution in [-0.2, 0) is 9.53 Å². The number of nitrogens with one attached hydrogen (secondary N) is 1. The van der Waals surface area contributed by atoms with E-state index in [0.717, 1.165) is 4.57 Å². The number of halogens is 1. The van der Waals surface area contributed by atoms with Crippen molar-refractivity contribution >= 4 is 23.3 Å². The number of hydrogen-bond donors (Lipinski definition) is 1. The van der Waals surface area contributed by atoms with E-state index in [-0.39, 0.29) is 11.1 Å². The van der Waals surface area contributed by atoms with Gasteiger partial charge < -0.3 is 10.1 Å². The summed E-state index contributed by atoms with van der Waals surface area (Å²) in [5.74, 6) is -1.03. The molecule has 0 aliphatic carbocycles. The van der Waals surface area contributed by atoms with Crippen molar-refractivity contribution in [3.05, 3.63) is 69.6 Å². The number of amides is 1. The summed E-state index contributed by atoms with van der Waals surface area (Å²) >= 11 is 5.97. The van der Waals surface area contributed by atoms with E-state index in [4.69, 9.17) is 16.3 Å². The predicted octanol–water partition coefficient (Wildman–Crippen LogP) is 2.86. The number of hydrogen-bond acceptors (Lipinski definition) is 4. The zero-order chi connectivity index (χ0) is 19.8. The zero-order valence-electron chi connectivity index (χ0n) is 15.4. The lowest BCUT2D eigenvalue weighted by Gasteiger charge is -2.19. The summed E-state index contributed by atoms with van der Waals surface area (Å²) in [6.45, 7) is 4.68. The predicted molar refractivity (Wildman–Crippen MR) is 104 cm³/mol.